The molecule has 2 aromatic carbocycles. The second-order valence-electron chi connectivity index (χ2n) is 7.29. The number of ether oxygens (including phenoxy) is 2. The molecule has 2 aromatic rings. The molecule has 0 radical (unpaired) electrons. The summed E-state index contributed by atoms with van der Waals surface area (Å²) in [6.07, 6.45) is -9.69. The maximum atomic E-state index is 14.5. The molecule has 13 heteroatoms. The van der Waals surface area contributed by atoms with Gasteiger partial charge in [-0.2, -0.15) is 30.4 Å². The third kappa shape index (κ3) is 5.71. The molecule has 1 amide bonds. The van der Waals surface area contributed by atoms with Crippen LogP contribution in [0, 0.1) is 0 Å². The Hall–Kier alpha value is -2.61. The molecule has 0 bridgehead atoms. The van der Waals surface area contributed by atoms with E-state index in [1.54, 1.807) is 11.4 Å². The Bertz CT molecular complexity index is 1070. The summed E-state index contributed by atoms with van der Waals surface area (Å²) >= 11 is 0. The topological polar surface area (TPSA) is 90.9 Å². The molecule has 186 valence electrons. The molecule has 0 spiro atoms. The Morgan fingerprint density at radius 2 is 1.50 bits per heavy atom. The minimum atomic E-state index is -6.40. The molecule has 1 fully saturated rings. The van der Waals surface area contributed by atoms with Crippen molar-refractivity contribution in [3.8, 4) is 0 Å². The molecule has 1 aliphatic heterocycles. The fourth-order valence-electron chi connectivity index (χ4n) is 3.17. The molecule has 0 aromatic heterocycles. The van der Waals surface area contributed by atoms with Crippen LogP contribution in [0.3, 0.4) is 0 Å². The van der Waals surface area contributed by atoms with Crippen LogP contribution < -0.4 is 5.32 Å². The van der Waals surface area contributed by atoms with Crippen molar-refractivity contribution in [3.63, 3.8) is 0 Å². The van der Waals surface area contributed by atoms with Crippen LogP contribution in [0.1, 0.15) is 18.4 Å². The fraction of sp³-hybridized carbons (Fsp3) is 0.381. The molecule has 0 saturated carbocycles. The standard InChI is InChI=1S/C21H20F5NO6S/c22-20(23,24)17(14-19(31-12-7-13-32-19)15-8-3-1-4-9-15)33-34(29,30)21(25,26)18(28)27-16-10-5-2-6-11-16/h1-6,8-11,17H,7,12-14H2,(H,27,28). The van der Waals surface area contributed by atoms with E-state index in [2.05, 4.69) is 4.18 Å². The summed E-state index contributed by atoms with van der Waals surface area (Å²) in [7, 11) is -6.40. The normalized spacial score (nSPS) is 17.7. The van der Waals surface area contributed by atoms with E-state index in [-0.39, 0.29) is 24.5 Å². The first kappa shape index (κ1) is 26.0. The highest BCUT2D eigenvalue weighted by Gasteiger charge is 2.59. The van der Waals surface area contributed by atoms with E-state index in [1.165, 1.54) is 54.6 Å². The van der Waals surface area contributed by atoms with Gasteiger partial charge in [0, 0.05) is 17.7 Å². The Labute approximate surface area is 191 Å². The van der Waals surface area contributed by atoms with Crippen LogP contribution in [0.2, 0.25) is 0 Å². The summed E-state index contributed by atoms with van der Waals surface area (Å²) < 4.78 is 110. The number of anilines is 1. The molecule has 1 unspecified atom stereocenters. The average Bonchev–Trinajstić information content (AvgIpc) is 2.79. The van der Waals surface area contributed by atoms with Crippen molar-refractivity contribution in [2.45, 2.75) is 36.2 Å². The van der Waals surface area contributed by atoms with Gasteiger partial charge in [0.1, 0.15) is 0 Å². The summed E-state index contributed by atoms with van der Waals surface area (Å²) in [6, 6.07) is 13.9. The molecule has 34 heavy (non-hydrogen) atoms. The predicted octanol–water partition coefficient (Wildman–Crippen LogP) is 4.18. The van der Waals surface area contributed by atoms with E-state index < -0.39 is 45.8 Å². The van der Waals surface area contributed by atoms with Gasteiger partial charge in [-0.15, -0.1) is 0 Å². The summed E-state index contributed by atoms with van der Waals surface area (Å²) in [5.41, 5.74) is -0.0830. The Morgan fingerprint density at radius 1 is 0.971 bits per heavy atom. The van der Waals surface area contributed by atoms with E-state index in [0.717, 1.165) is 0 Å². The van der Waals surface area contributed by atoms with Crippen molar-refractivity contribution in [2.24, 2.45) is 0 Å². The minimum absolute atomic E-state index is 0.0259. The van der Waals surface area contributed by atoms with Crippen molar-refractivity contribution >= 4 is 21.7 Å². The molecule has 0 aliphatic carbocycles. The van der Waals surface area contributed by atoms with Crippen molar-refractivity contribution in [1.82, 2.24) is 0 Å². The number of hydrogen-bond acceptors (Lipinski definition) is 6. The van der Waals surface area contributed by atoms with Gasteiger partial charge in [-0.25, -0.2) is 0 Å². The van der Waals surface area contributed by atoms with Gasteiger partial charge in [-0.3, -0.25) is 8.98 Å². The Morgan fingerprint density at radius 3 is 2.03 bits per heavy atom. The second-order valence-corrected chi connectivity index (χ2v) is 8.90. The van der Waals surface area contributed by atoms with Gasteiger partial charge in [-0.1, -0.05) is 48.5 Å². The third-order valence-corrected chi connectivity index (χ3v) is 6.14. The van der Waals surface area contributed by atoms with Crippen LogP contribution in [0.25, 0.3) is 0 Å². The molecule has 1 N–H and O–H groups in total. The number of para-hydroxylation sites is 1. The summed E-state index contributed by atoms with van der Waals surface area (Å²) in [4.78, 5) is 11.9. The molecule has 1 saturated heterocycles. The van der Waals surface area contributed by atoms with Crippen molar-refractivity contribution in [1.29, 1.82) is 0 Å². The van der Waals surface area contributed by atoms with E-state index >= 15 is 0 Å². The van der Waals surface area contributed by atoms with E-state index in [1.807, 2.05) is 0 Å². The van der Waals surface area contributed by atoms with Gasteiger partial charge in [-0.05, 0) is 18.6 Å². The molecule has 7 nitrogen and oxygen atoms in total. The van der Waals surface area contributed by atoms with Crippen LogP contribution in [-0.2, 0) is 34.4 Å². The van der Waals surface area contributed by atoms with Crippen LogP contribution in [-0.4, -0.2) is 45.1 Å². The average molecular weight is 509 g/mol. The molecule has 1 aliphatic rings. The predicted molar refractivity (Wildman–Crippen MR) is 109 cm³/mol. The molecular formula is C21H20F5NO6S. The number of amides is 1. The first-order chi connectivity index (χ1) is 15.9. The van der Waals surface area contributed by atoms with Gasteiger partial charge >= 0.3 is 27.5 Å². The quantitative estimate of drug-likeness (QED) is 0.424. The molecule has 1 heterocycles. The van der Waals surface area contributed by atoms with E-state index in [0.29, 0.717) is 6.42 Å². The lowest BCUT2D eigenvalue weighted by Crippen LogP contribution is -2.49. The number of hydrogen-bond donors (Lipinski definition) is 1. The number of carbonyl (C=O) groups excluding carboxylic acids is 1. The number of alkyl halides is 5. The number of carbonyl (C=O) groups is 1. The highest BCUT2D eigenvalue weighted by molar-refractivity contribution is 7.88. The molecule has 3 rings (SSSR count). The van der Waals surface area contributed by atoms with Crippen molar-refractivity contribution in [2.75, 3.05) is 18.5 Å². The first-order valence-electron chi connectivity index (χ1n) is 9.95. The van der Waals surface area contributed by atoms with Gasteiger partial charge in [0.15, 0.2) is 11.9 Å². The smallest absolute Gasteiger partial charge is 0.346 e. The minimum Gasteiger partial charge on any atom is -0.346 e. The lowest BCUT2D eigenvalue weighted by Gasteiger charge is -2.39. The van der Waals surface area contributed by atoms with E-state index in [9.17, 15) is 35.2 Å². The largest absolute Gasteiger partial charge is 0.447 e. The zero-order chi connectivity index (χ0) is 25.0. The Balaban J connectivity index is 1.88. The van der Waals surface area contributed by atoms with Crippen LogP contribution in [0.15, 0.2) is 60.7 Å². The van der Waals surface area contributed by atoms with Crippen LogP contribution >= 0.6 is 0 Å². The zero-order valence-electron chi connectivity index (χ0n) is 17.4. The molecule has 1 atom stereocenters. The number of rotatable bonds is 8. The molecular weight excluding hydrogens is 489 g/mol. The summed E-state index contributed by atoms with van der Waals surface area (Å²) in [5.74, 6) is -4.47. The highest BCUT2D eigenvalue weighted by Crippen LogP contribution is 2.41. The van der Waals surface area contributed by atoms with Crippen molar-refractivity contribution < 1.29 is 48.8 Å². The van der Waals surface area contributed by atoms with Crippen LogP contribution in [0.5, 0.6) is 0 Å². The highest BCUT2D eigenvalue weighted by atomic mass is 32.2. The lowest BCUT2D eigenvalue weighted by atomic mass is 9.98. The van der Waals surface area contributed by atoms with E-state index in [4.69, 9.17) is 9.47 Å². The Kier molecular flexibility index (Phi) is 7.60. The monoisotopic (exact) mass is 509 g/mol. The number of halogens is 5. The SMILES string of the molecule is O=C(Nc1ccccc1)C(F)(F)S(=O)(=O)OC(CC1(c2ccccc2)OCCCO1)C(F)(F)F. The summed E-state index contributed by atoms with van der Waals surface area (Å²) in [5, 5.41) is -3.70. The van der Waals surface area contributed by atoms with Gasteiger partial charge < -0.3 is 14.8 Å². The lowest BCUT2D eigenvalue weighted by molar-refractivity contribution is -0.305. The van der Waals surface area contributed by atoms with Gasteiger partial charge in [0.2, 0.25) is 0 Å². The second kappa shape index (κ2) is 9.94. The fourth-order valence-corrected chi connectivity index (χ4v) is 4.05. The third-order valence-electron chi connectivity index (χ3n) is 4.84. The van der Waals surface area contributed by atoms with Gasteiger partial charge in [0.25, 0.3) is 0 Å². The summed E-state index contributed by atoms with van der Waals surface area (Å²) in [6.45, 7) is -0.0519. The maximum absolute atomic E-state index is 14.5. The number of benzene rings is 2. The number of nitrogens with one attached hydrogen (secondary N) is 1. The van der Waals surface area contributed by atoms with Crippen LogP contribution in [0.4, 0.5) is 27.6 Å². The first-order valence-corrected chi connectivity index (χ1v) is 11.4. The zero-order valence-corrected chi connectivity index (χ0v) is 18.2. The maximum Gasteiger partial charge on any atom is 0.447 e. The van der Waals surface area contributed by atoms with Gasteiger partial charge in [0.05, 0.1) is 13.2 Å². The van der Waals surface area contributed by atoms with Crippen molar-refractivity contribution in [3.05, 3.63) is 66.2 Å².